The fourth-order valence-corrected chi connectivity index (χ4v) is 2.39. The molecule has 1 aromatic carbocycles. The lowest BCUT2D eigenvalue weighted by molar-refractivity contribution is -0.122. The third-order valence-corrected chi connectivity index (χ3v) is 3.43. The van der Waals surface area contributed by atoms with Crippen molar-refractivity contribution in [3.8, 4) is 6.07 Å². The fourth-order valence-electron chi connectivity index (χ4n) is 2.39. The minimum absolute atomic E-state index is 0.0310. The number of aryl methyl sites for hydroxylation is 1. The number of nitrogens with one attached hydrogen (secondary N) is 1. The number of carbonyl (C=O) groups excluding carboxylic acids is 1. The average Bonchev–Trinajstić information content (AvgIpc) is 2.71. The van der Waals surface area contributed by atoms with Crippen LogP contribution in [-0.2, 0) is 4.79 Å². The monoisotopic (exact) mass is 240 g/mol. The zero-order valence-electron chi connectivity index (χ0n) is 10.4. The molecule has 0 aliphatic carbocycles. The van der Waals surface area contributed by atoms with E-state index in [0.29, 0.717) is 5.56 Å². The molecule has 92 valence electrons. The van der Waals surface area contributed by atoms with Crippen molar-refractivity contribution in [2.24, 2.45) is 5.92 Å². The maximum absolute atomic E-state index is 11.7. The van der Waals surface area contributed by atoms with E-state index in [1.54, 1.807) is 6.08 Å². The fraction of sp³-hybridized carbons (Fsp3) is 0.333. The number of nitrogens with zero attached hydrogens (tertiary/aromatic N) is 1. The van der Waals surface area contributed by atoms with Crippen LogP contribution in [0.3, 0.4) is 0 Å². The number of nitriles is 1. The van der Waals surface area contributed by atoms with E-state index in [4.69, 9.17) is 5.26 Å². The molecule has 0 saturated carbocycles. The molecule has 1 aliphatic heterocycles. The van der Waals surface area contributed by atoms with Gasteiger partial charge in [0.1, 0.15) is 0 Å². The molecule has 0 bridgehead atoms. The van der Waals surface area contributed by atoms with E-state index >= 15 is 0 Å². The number of hydrogen-bond donors (Lipinski definition) is 1. The summed E-state index contributed by atoms with van der Waals surface area (Å²) in [6, 6.07) is 7.94. The predicted molar refractivity (Wildman–Crippen MR) is 69.7 cm³/mol. The molecule has 0 aromatic heterocycles. The summed E-state index contributed by atoms with van der Waals surface area (Å²) in [6.45, 7) is 5.59. The molecule has 0 unspecified atom stereocenters. The molecule has 1 fully saturated rings. The van der Waals surface area contributed by atoms with Crippen LogP contribution in [0.2, 0.25) is 0 Å². The highest BCUT2D eigenvalue weighted by Crippen LogP contribution is 2.30. The first kappa shape index (κ1) is 12.4. The zero-order valence-corrected chi connectivity index (χ0v) is 10.4. The van der Waals surface area contributed by atoms with Crippen LogP contribution in [0.15, 0.2) is 30.9 Å². The van der Waals surface area contributed by atoms with E-state index < -0.39 is 0 Å². The highest BCUT2D eigenvalue weighted by molar-refractivity contribution is 5.81. The minimum Gasteiger partial charge on any atom is -0.349 e. The summed E-state index contributed by atoms with van der Waals surface area (Å²) in [6.07, 6.45) is 3.31. The summed E-state index contributed by atoms with van der Waals surface area (Å²) in [7, 11) is 0. The summed E-state index contributed by atoms with van der Waals surface area (Å²) >= 11 is 0. The number of benzene rings is 1. The lowest BCUT2D eigenvalue weighted by Crippen LogP contribution is -2.21. The first-order chi connectivity index (χ1) is 8.65. The predicted octanol–water partition coefficient (Wildman–Crippen LogP) is 2.62. The Labute approximate surface area is 107 Å². The summed E-state index contributed by atoms with van der Waals surface area (Å²) in [4.78, 5) is 11.7. The molecule has 2 atom stereocenters. The van der Waals surface area contributed by atoms with Crippen LogP contribution in [0.5, 0.6) is 0 Å². The highest BCUT2D eigenvalue weighted by atomic mass is 16.2. The Morgan fingerprint density at radius 2 is 2.39 bits per heavy atom. The summed E-state index contributed by atoms with van der Waals surface area (Å²) in [5, 5.41) is 11.9. The molecule has 1 heterocycles. The molecule has 1 N–H and O–H groups in total. The number of hydrogen-bond acceptors (Lipinski definition) is 2. The zero-order chi connectivity index (χ0) is 13.1. The lowest BCUT2D eigenvalue weighted by atomic mass is 9.95. The largest absolute Gasteiger partial charge is 0.349 e. The highest BCUT2D eigenvalue weighted by Gasteiger charge is 2.31. The Morgan fingerprint density at radius 3 is 3.00 bits per heavy atom. The maximum Gasteiger partial charge on any atom is 0.223 e. The van der Waals surface area contributed by atoms with Gasteiger partial charge in [0.05, 0.1) is 17.7 Å². The minimum atomic E-state index is 0.0310. The van der Waals surface area contributed by atoms with E-state index in [9.17, 15) is 4.79 Å². The van der Waals surface area contributed by atoms with Crippen LogP contribution in [-0.4, -0.2) is 5.91 Å². The second-order valence-electron chi connectivity index (χ2n) is 4.70. The van der Waals surface area contributed by atoms with E-state index in [1.165, 1.54) is 0 Å². The summed E-state index contributed by atoms with van der Waals surface area (Å²) in [5.74, 6) is 0.130. The Hall–Kier alpha value is -2.08. The van der Waals surface area contributed by atoms with Gasteiger partial charge in [-0.3, -0.25) is 4.79 Å². The van der Waals surface area contributed by atoms with Gasteiger partial charge in [0.15, 0.2) is 0 Å². The smallest absolute Gasteiger partial charge is 0.223 e. The molecule has 1 aliphatic rings. The molecule has 2 rings (SSSR count). The van der Waals surface area contributed by atoms with Gasteiger partial charge in [0.25, 0.3) is 0 Å². The molecule has 3 nitrogen and oxygen atoms in total. The Morgan fingerprint density at radius 1 is 1.61 bits per heavy atom. The van der Waals surface area contributed by atoms with Crippen LogP contribution in [0.1, 0.15) is 35.6 Å². The molecule has 1 amide bonds. The van der Waals surface area contributed by atoms with Crippen molar-refractivity contribution >= 4 is 5.91 Å². The molecule has 18 heavy (non-hydrogen) atoms. The van der Waals surface area contributed by atoms with Crippen LogP contribution < -0.4 is 5.32 Å². The van der Waals surface area contributed by atoms with Crippen molar-refractivity contribution in [2.45, 2.75) is 25.8 Å². The quantitative estimate of drug-likeness (QED) is 0.826. The lowest BCUT2D eigenvalue weighted by Gasteiger charge is -2.11. The molecule has 1 saturated heterocycles. The van der Waals surface area contributed by atoms with Crippen molar-refractivity contribution in [1.82, 2.24) is 5.32 Å². The van der Waals surface area contributed by atoms with Crippen molar-refractivity contribution in [1.29, 1.82) is 5.26 Å². The van der Waals surface area contributed by atoms with Crippen LogP contribution in [0.4, 0.5) is 0 Å². The summed E-state index contributed by atoms with van der Waals surface area (Å²) in [5.41, 5.74) is 2.72. The third-order valence-electron chi connectivity index (χ3n) is 3.43. The number of rotatable bonds is 3. The number of amides is 1. The van der Waals surface area contributed by atoms with Crippen molar-refractivity contribution in [3.05, 3.63) is 47.5 Å². The van der Waals surface area contributed by atoms with Gasteiger partial charge in [0.2, 0.25) is 5.91 Å². The summed E-state index contributed by atoms with van der Waals surface area (Å²) < 4.78 is 0. The molecular weight excluding hydrogens is 224 g/mol. The molecular formula is C15H16N2O. The van der Waals surface area contributed by atoms with Gasteiger partial charge in [-0.05, 0) is 37.0 Å². The topological polar surface area (TPSA) is 52.9 Å². The molecule has 0 radical (unpaired) electrons. The first-order valence-corrected chi connectivity index (χ1v) is 6.07. The second kappa shape index (κ2) is 5.05. The van der Waals surface area contributed by atoms with Gasteiger partial charge in [-0.1, -0.05) is 18.2 Å². The number of carbonyl (C=O) groups is 1. The van der Waals surface area contributed by atoms with Crippen LogP contribution >= 0.6 is 0 Å². The molecule has 1 aromatic rings. The van der Waals surface area contributed by atoms with Crippen LogP contribution in [0, 0.1) is 24.2 Å². The van der Waals surface area contributed by atoms with E-state index in [0.717, 1.165) is 24.0 Å². The SMILES string of the molecule is C=CC[C@@H]1C[C@@H](c2ccc(C#N)c(C)c2)NC1=O. The van der Waals surface area contributed by atoms with Gasteiger partial charge in [-0.15, -0.1) is 6.58 Å². The van der Waals surface area contributed by atoms with Gasteiger partial charge in [-0.25, -0.2) is 0 Å². The van der Waals surface area contributed by atoms with E-state index in [1.807, 2.05) is 25.1 Å². The van der Waals surface area contributed by atoms with Crippen molar-refractivity contribution in [3.63, 3.8) is 0 Å². The van der Waals surface area contributed by atoms with Crippen LogP contribution in [0.25, 0.3) is 0 Å². The third kappa shape index (κ3) is 2.28. The molecule has 3 heteroatoms. The molecule has 0 spiro atoms. The van der Waals surface area contributed by atoms with Crippen molar-refractivity contribution in [2.75, 3.05) is 0 Å². The van der Waals surface area contributed by atoms with E-state index in [-0.39, 0.29) is 17.9 Å². The van der Waals surface area contributed by atoms with Gasteiger partial charge in [0, 0.05) is 5.92 Å². The maximum atomic E-state index is 11.7. The number of allylic oxidation sites excluding steroid dienone is 1. The first-order valence-electron chi connectivity index (χ1n) is 6.07. The normalized spacial score (nSPS) is 22.3. The Bertz CT molecular complexity index is 528. The Balaban J connectivity index is 2.19. The van der Waals surface area contributed by atoms with Gasteiger partial charge >= 0.3 is 0 Å². The standard InChI is InChI=1S/C15H16N2O/c1-3-4-12-8-14(17-15(12)18)11-5-6-13(9-16)10(2)7-11/h3,5-7,12,14H,1,4,8H2,2H3,(H,17,18)/t12-,14+/m1/s1. The van der Waals surface area contributed by atoms with Gasteiger partial charge in [-0.2, -0.15) is 5.26 Å². The van der Waals surface area contributed by atoms with Crippen molar-refractivity contribution < 1.29 is 4.79 Å². The Kier molecular flexibility index (Phi) is 3.47. The average molecular weight is 240 g/mol. The van der Waals surface area contributed by atoms with E-state index in [2.05, 4.69) is 18.0 Å². The second-order valence-corrected chi connectivity index (χ2v) is 4.70. The van der Waals surface area contributed by atoms with Gasteiger partial charge < -0.3 is 5.32 Å².